The quantitative estimate of drug-likeness (QED) is 0.250. The molecule has 200 valence electrons. The van der Waals surface area contributed by atoms with Gasteiger partial charge in [-0.05, 0) is 56.7 Å². The fraction of sp³-hybridized carbons (Fsp3) is 0.379. The summed E-state index contributed by atoms with van der Waals surface area (Å²) in [5.74, 6) is 2.26. The monoisotopic (exact) mass is 522 g/mol. The van der Waals surface area contributed by atoms with Crippen LogP contribution in [0.15, 0.2) is 48.5 Å². The first-order valence-corrected chi connectivity index (χ1v) is 12.9. The van der Waals surface area contributed by atoms with E-state index in [2.05, 4.69) is 17.1 Å². The standard InChI is InChI=1S/C29H33F3N6/c1-6-22-23(16-17-38(7-2)28-19(5)33-24-10-8-9-11-25(24)36-28)35-26(18(3)4)37-27(22)34-21-14-12-20(13-15-21)29(30,31)32/h8-15,18H,6-7,16-17H2,1-5H3,(H,34,35,37). The van der Waals surface area contributed by atoms with Crippen molar-refractivity contribution in [3.05, 3.63) is 76.9 Å². The summed E-state index contributed by atoms with van der Waals surface area (Å²) in [6.07, 6.45) is -3.04. The second-order valence-corrected chi connectivity index (χ2v) is 9.52. The highest BCUT2D eigenvalue weighted by atomic mass is 19.4. The molecule has 38 heavy (non-hydrogen) atoms. The largest absolute Gasteiger partial charge is 0.416 e. The topological polar surface area (TPSA) is 66.8 Å². The Kier molecular flexibility index (Phi) is 8.14. The highest BCUT2D eigenvalue weighted by molar-refractivity contribution is 5.76. The van der Waals surface area contributed by atoms with Gasteiger partial charge in [-0.3, -0.25) is 0 Å². The minimum atomic E-state index is -4.38. The molecule has 0 radical (unpaired) electrons. The molecule has 6 nitrogen and oxygen atoms in total. The number of benzene rings is 2. The molecule has 0 saturated heterocycles. The van der Waals surface area contributed by atoms with Crippen LogP contribution in [-0.4, -0.2) is 33.0 Å². The molecular weight excluding hydrogens is 489 g/mol. The van der Waals surface area contributed by atoms with Crippen LogP contribution in [0.3, 0.4) is 0 Å². The van der Waals surface area contributed by atoms with Crippen molar-refractivity contribution in [2.75, 3.05) is 23.3 Å². The lowest BCUT2D eigenvalue weighted by Crippen LogP contribution is -2.28. The molecule has 0 aliphatic rings. The van der Waals surface area contributed by atoms with Gasteiger partial charge in [0.1, 0.15) is 11.6 Å². The van der Waals surface area contributed by atoms with Crippen molar-refractivity contribution in [3.63, 3.8) is 0 Å². The van der Waals surface area contributed by atoms with Gasteiger partial charge in [-0.25, -0.2) is 19.9 Å². The minimum Gasteiger partial charge on any atom is -0.355 e. The molecular formula is C29H33F3N6. The number of aromatic nitrogens is 4. The predicted octanol–water partition coefficient (Wildman–Crippen LogP) is 7.25. The van der Waals surface area contributed by atoms with Crippen LogP contribution < -0.4 is 10.2 Å². The molecule has 0 spiro atoms. The summed E-state index contributed by atoms with van der Waals surface area (Å²) in [5.41, 5.74) is 4.33. The summed E-state index contributed by atoms with van der Waals surface area (Å²) in [4.78, 5) is 21.5. The van der Waals surface area contributed by atoms with Gasteiger partial charge < -0.3 is 10.2 Å². The summed E-state index contributed by atoms with van der Waals surface area (Å²) in [6.45, 7) is 11.6. The van der Waals surface area contributed by atoms with Crippen molar-refractivity contribution in [1.29, 1.82) is 0 Å². The fourth-order valence-corrected chi connectivity index (χ4v) is 4.40. The van der Waals surface area contributed by atoms with Crippen molar-refractivity contribution in [2.45, 2.75) is 59.6 Å². The van der Waals surface area contributed by atoms with E-state index in [1.165, 1.54) is 12.1 Å². The number of fused-ring (bicyclic) bond motifs is 1. The maximum Gasteiger partial charge on any atom is 0.416 e. The average Bonchev–Trinajstić information content (AvgIpc) is 2.88. The lowest BCUT2D eigenvalue weighted by Gasteiger charge is -2.24. The van der Waals surface area contributed by atoms with Gasteiger partial charge in [0.05, 0.1) is 28.0 Å². The van der Waals surface area contributed by atoms with Crippen LogP contribution in [0.25, 0.3) is 11.0 Å². The molecule has 0 aliphatic carbocycles. The Balaban J connectivity index is 1.63. The molecule has 2 aromatic carbocycles. The number of hydrogen-bond donors (Lipinski definition) is 1. The molecule has 2 heterocycles. The first-order valence-electron chi connectivity index (χ1n) is 12.9. The van der Waals surface area contributed by atoms with Gasteiger partial charge in [0.2, 0.25) is 0 Å². The molecule has 4 rings (SSSR count). The van der Waals surface area contributed by atoms with E-state index in [1.54, 1.807) is 0 Å². The molecule has 0 unspecified atom stereocenters. The fourth-order valence-electron chi connectivity index (χ4n) is 4.40. The molecule has 0 aliphatic heterocycles. The maximum atomic E-state index is 13.0. The van der Waals surface area contributed by atoms with E-state index in [0.717, 1.165) is 52.5 Å². The third-order valence-corrected chi connectivity index (χ3v) is 6.47. The van der Waals surface area contributed by atoms with Gasteiger partial charge in [0, 0.05) is 36.7 Å². The molecule has 0 fully saturated rings. The Bertz CT molecular complexity index is 1400. The van der Waals surface area contributed by atoms with Crippen molar-refractivity contribution in [1.82, 2.24) is 19.9 Å². The molecule has 9 heteroatoms. The Hall–Kier alpha value is -3.75. The van der Waals surface area contributed by atoms with Gasteiger partial charge in [0.15, 0.2) is 5.82 Å². The number of anilines is 3. The predicted molar refractivity (Wildman–Crippen MR) is 146 cm³/mol. The Labute approximate surface area is 221 Å². The molecule has 0 amide bonds. The van der Waals surface area contributed by atoms with Gasteiger partial charge in [0.25, 0.3) is 0 Å². The molecule has 0 bridgehead atoms. The van der Waals surface area contributed by atoms with Gasteiger partial charge in [-0.2, -0.15) is 13.2 Å². The molecule has 1 N–H and O–H groups in total. The number of nitrogens with one attached hydrogen (secondary N) is 1. The van der Waals surface area contributed by atoms with E-state index in [-0.39, 0.29) is 5.92 Å². The van der Waals surface area contributed by atoms with Gasteiger partial charge in [-0.1, -0.05) is 32.9 Å². The number of rotatable bonds is 9. The number of hydrogen-bond acceptors (Lipinski definition) is 6. The lowest BCUT2D eigenvalue weighted by molar-refractivity contribution is -0.137. The van der Waals surface area contributed by atoms with E-state index in [0.29, 0.717) is 36.7 Å². The average molecular weight is 523 g/mol. The summed E-state index contributed by atoms with van der Waals surface area (Å²) in [5, 5.41) is 3.25. The number of halogens is 3. The molecule has 0 saturated carbocycles. The maximum absolute atomic E-state index is 13.0. The smallest absolute Gasteiger partial charge is 0.355 e. The zero-order valence-corrected chi connectivity index (χ0v) is 22.4. The van der Waals surface area contributed by atoms with Crippen LogP contribution in [0.4, 0.5) is 30.5 Å². The lowest BCUT2D eigenvalue weighted by atomic mass is 10.1. The zero-order valence-electron chi connectivity index (χ0n) is 22.4. The van der Waals surface area contributed by atoms with E-state index in [1.807, 2.05) is 52.0 Å². The van der Waals surface area contributed by atoms with Crippen LogP contribution >= 0.6 is 0 Å². The summed E-state index contributed by atoms with van der Waals surface area (Å²) in [7, 11) is 0. The third kappa shape index (κ3) is 6.03. The van der Waals surface area contributed by atoms with Crippen molar-refractivity contribution in [3.8, 4) is 0 Å². The summed E-state index contributed by atoms with van der Waals surface area (Å²) < 4.78 is 39.0. The van der Waals surface area contributed by atoms with Gasteiger partial charge in [-0.15, -0.1) is 0 Å². The van der Waals surface area contributed by atoms with E-state index < -0.39 is 11.7 Å². The van der Waals surface area contributed by atoms with Crippen LogP contribution in [0.1, 0.15) is 62.0 Å². The number of likely N-dealkylation sites (N-methyl/N-ethyl adjacent to an activating group) is 1. The number of nitrogens with zero attached hydrogens (tertiary/aromatic N) is 5. The van der Waals surface area contributed by atoms with Crippen molar-refractivity contribution >= 4 is 28.4 Å². The van der Waals surface area contributed by atoms with E-state index >= 15 is 0 Å². The highest BCUT2D eigenvalue weighted by Crippen LogP contribution is 2.31. The Morgan fingerprint density at radius 3 is 2.13 bits per heavy atom. The Morgan fingerprint density at radius 2 is 1.55 bits per heavy atom. The summed E-state index contributed by atoms with van der Waals surface area (Å²) >= 11 is 0. The number of para-hydroxylation sites is 2. The SMILES string of the molecule is CCc1c(CCN(CC)c2nc3ccccc3nc2C)nc(C(C)C)nc1Nc1ccc(C(F)(F)F)cc1. The van der Waals surface area contributed by atoms with E-state index in [4.69, 9.17) is 19.9 Å². The summed E-state index contributed by atoms with van der Waals surface area (Å²) in [6, 6.07) is 12.8. The normalized spacial score (nSPS) is 11.8. The van der Waals surface area contributed by atoms with Crippen molar-refractivity contribution < 1.29 is 13.2 Å². The second kappa shape index (κ2) is 11.3. The molecule has 4 aromatic rings. The first kappa shape index (κ1) is 27.3. The molecule has 0 atom stereocenters. The third-order valence-electron chi connectivity index (χ3n) is 6.47. The Morgan fingerprint density at radius 1 is 0.895 bits per heavy atom. The second-order valence-electron chi connectivity index (χ2n) is 9.52. The van der Waals surface area contributed by atoms with Gasteiger partial charge >= 0.3 is 6.18 Å². The van der Waals surface area contributed by atoms with Crippen LogP contribution in [0.2, 0.25) is 0 Å². The van der Waals surface area contributed by atoms with E-state index in [9.17, 15) is 13.2 Å². The first-order chi connectivity index (χ1) is 18.1. The minimum absolute atomic E-state index is 0.0867. The van der Waals surface area contributed by atoms with Crippen molar-refractivity contribution in [2.24, 2.45) is 0 Å². The van der Waals surface area contributed by atoms with Crippen LogP contribution in [0, 0.1) is 6.92 Å². The number of alkyl halides is 3. The molecule has 2 aromatic heterocycles. The van der Waals surface area contributed by atoms with Crippen LogP contribution in [-0.2, 0) is 19.0 Å². The highest BCUT2D eigenvalue weighted by Gasteiger charge is 2.30. The van der Waals surface area contributed by atoms with Crippen LogP contribution in [0.5, 0.6) is 0 Å². The zero-order chi connectivity index (χ0) is 27.4. The number of aryl methyl sites for hydroxylation is 1.